The molecule has 21 heavy (non-hydrogen) atoms. The van der Waals surface area contributed by atoms with Crippen LogP contribution in [0.5, 0.6) is 0 Å². The van der Waals surface area contributed by atoms with Crippen LogP contribution in [0, 0.1) is 0 Å². The molecule has 0 radical (unpaired) electrons. The average molecular weight is 322 g/mol. The quantitative estimate of drug-likeness (QED) is 0.800. The van der Waals surface area contributed by atoms with Gasteiger partial charge in [-0.2, -0.15) is 13.2 Å². The standard InChI is InChI=1S/C15H25F3N2S/c1-5-8-20(11-15(16,17)18)10-13-7-6-12(21-13)9-19-14(2,3)4/h6-7,19H,5,8-11H2,1-4H3. The van der Waals surface area contributed by atoms with Gasteiger partial charge in [-0.05, 0) is 45.9 Å². The largest absolute Gasteiger partial charge is 0.401 e. The molecule has 0 aliphatic rings. The predicted octanol–water partition coefficient (Wildman–Crippen LogP) is 4.41. The number of nitrogens with zero attached hydrogens (tertiary/aromatic N) is 1. The van der Waals surface area contributed by atoms with E-state index in [2.05, 4.69) is 26.1 Å². The van der Waals surface area contributed by atoms with Gasteiger partial charge in [0.25, 0.3) is 0 Å². The molecule has 1 aromatic heterocycles. The van der Waals surface area contributed by atoms with E-state index in [9.17, 15) is 13.2 Å². The van der Waals surface area contributed by atoms with Gasteiger partial charge in [0.05, 0.1) is 6.54 Å². The Balaban J connectivity index is 2.58. The number of hydrogen-bond acceptors (Lipinski definition) is 3. The second-order valence-electron chi connectivity index (χ2n) is 6.30. The van der Waals surface area contributed by atoms with Crippen molar-refractivity contribution in [3.05, 3.63) is 21.9 Å². The van der Waals surface area contributed by atoms with Gasteiger partial charge in [0.15, 0.2) is 0 Å². The van der Waals surface area contributed by atoms with Crippen LogP contribution in [-0.2, 0) is 13.1 Å². The minimum atomic E-state index is -4.14. The van der Waals surface area contributed by atoms with Crippen molar-refractivity contribution in [2.24, 2.45) is 0 Å². The topological polar surface area (TPSA) is 15.3 Å². The fraction of sp³-hybridized carbons (Fsp3) is 0.733. The SMILES string of the molecule is CCCN(Cc1ccc(CNC(C)(C)C)s1)CC(F)(F)F. The summed E-state index contributed by atoms with van der Waals surface area (Å²) in [6.07, 6.45) is -3.41. The van der Waals surface area contributed by atoms with E-state index in [-0.39, 0.29) is 5.54 Å². The van der Waals surface area contributed by atoms with E-state index in [0.29, 0.717) is 13.1 Å². The predicted molar refractivity (Wildman–Crippen MR) is 82.5 cm³/mol. The lowest BCUT2D eigenvalue weighted by Gasteiger charge is -2.22. The van der Waals surface area contributed by atoms with Crippen molar-refractivity contribution in [3.8, 4) is 0 Å². The third-order valence-corrected chi connectivity index (χ3v) is 3.90. The first kappa shape index (κ1) is 18.5. The molecule has 0 aliphatic carbocycles. The lowest BCUT2D eigenvalue weighted by Crippen LogP contribution is -2.34. The molecule has 0 amide bonds. The summed E-state index contributed by atoms with van der Waals surface area (Å²) in [5, 5.41) is 3.39. The van der Waals surface area contributed by atoms with Gasteiger partial charge in [-0.15, -0.1) is 11.3 Å². The van der Waals surface area contributed by atoms with Crippen molar-refractivity contribution in [1.29, 1.82) is 0 Å². The first-order valence-electron chi connectivity index (χ1n) is 7.21. The molecule has 6 heteroatoms. The molecule has 0 atom stereocenters. The minimum Gasteiger partial charge on any atom is -0.307 e. The van der Waals surface area contributed by atoms with Crippen LogP contribution in [0.4, 0.5) is 13.2 Å². The third kappa shape index (κ3) is 8.44. The molecule has 0 aromatic carbocycles. The van der Waals surface area contributed by atoms with E-state index in [1.54, 1.807) is 11.3 Å². The molecule has 0 unspecified atom stereocenters. The van der Waals surface area contributed by atoms with Gasteiger partial charge in [0, 0.05) is 28.4 Å². The van der Waals surface area contributed by atoms with E-state index in [4.69, 9.17) is 0 Å². The third-order valence-electron chi connectivity index (χ3n) is 2.83. The van der Waals surface area contributed by atoms with Crippen LogP contribution in [0.25, 0.3) is 0 Å². The summed E-state index contributed by atoms with van der Waals surface area (Å²) in [5.41, 5.74) is 0.0364. The Morgan fingerprint density at radius 1 is 1.14 bits per heavy atom. The molecule has 1 aromatic rings. The molecule has 0 aliphatic heterocycles. The summed E-state index contributed by atoms with van der Waals surface area (Å²) in [5.74, 6) is 0. The summed E-state index contributed by atoms with van der Waals surface area (Å²) in [4.78, 5) is 3.61. The van der Waals surface area contributed by atoms with Crippen molar-refractivity contribution in [2.45, 2.75) is 58.9 Å². The summed E-state index contributed by atoms with van der Waals surface area (Å²) in [6, 6.07) is 3.93. The van der Waals surface area contributed by atoms with Crippen molar-refractivity contribution in [1.82, 2.24) is 10.2 Å². The normalized spacial score (nSPS) is 13.1. The first-order chi connectivity index (χ1) is 9.59. The molecular weight excluding hydrogens is 297 g/mol. The van der Waals surface area contributed by atoms with Gasteiger partial charge in [0.2, 0.25) is 0 Å². The fourth-order valence-corrected chi connectivity index (χ4v) is 2.96. The van der Waals surface area contributed by atoms with Crippen LogP contribution in [0.3, 0.4) is 0 Å². The molecule has 0 spiro atoms. The van der Waals surface area contributed by atoms with Gasteiger partial charge in [-0.3, -0.25) is 4.90 Å². The molecule has 1 N–H and O–H groups in total. The molecule has 2 nitrogen and oxygen atoms in total. The second kappa shape index (κ2) is 7.61. The molecule has 0 fully saturated rings. The highest BCUT2D eigenvalue weighted by Gasteiger charge is 2.30. The van der Waals surface area contributed by atoms with E-state index < -0.39 is 12.7 Å². The summed E-state index contributed by atoms with van der Waals surface area (Å²) in [6.45, 7) is 8.92. The average Bonchev–Trinajstić information content (AvgIpc) is 2.71. The maximum atomic E-state index is 12.5. The lowest BCUT2D eigenvalue weighted by atomic mass is 10.1. The van der Waals surface area contributed by atoms with Gasteiger partial charge in [-0.1, -0.05) is 6.92 Å². The molecule has 1 heterocycles. The first-order valence-corrected chi connectivity index (χ1v) is 8.02. The highest BCUT2D eigenvalue weighted by molar-refractivity contribution is 7.11. The fourth-order valence-electron chi connectivity index (χ4n) is 1.96. The van der Waals surface area contributed by atoms with Crippen LogP contribution in [-0.4, -0.2) is 29.7 Å². The number of nitrogens with one attached hydrogen (secondary N) is 1. The van der Waals surface area contributed by atoms with Gasteiger partial charge in [0.1, 0.15) is 0 Å². The molecule has 0 bridgehead atoms. The summed E-state index contributed by atoms with van der Waals surface area (Å²) >= 11 is 1.58. The Kier molecular flexibility index (Phi) is 6.69. The molecule has 1 rings (SSSR count). The number of hydrogen-bond donors (Lipinski definition) is 1. The number of halogens is 3. The molecule has 0 saturated heterocycles. The zero-order valence-electron chi connectivity index (χ0n) is 13.2. The Morgan fingerprint density at radius 3 is 2.29 bits per heavy atom. The zero-order chi connectivity index (χ0) is 16.1. The Hall–Kier alpha value is -0.590. The van der Waals surface area contributed by atoms with E-state index >= 15 is 0 Å². The number of alkyl halides is 3. The number of thiophene rings is 1. The smallest absolute Gasteiger partial charge is 0.307 e. The molecule has 0 saturated carbocycles. The Morgan fingerprint density at radius 2 is 1.76 bits per heavy atom. The van der Waals surface area contributed by atoms with Crippen molar-refractivity contribution >= 4 is 11.3 Å². The second-order valence-corrected chi connectivity index (χ2v) is 7.55. The molecule has 122 valence electrons. The van der Waals surface area contributed by atoms with Crippen LogP contribution in [0.2, 0.25) is 0 Å². The highest BCUT2D eigenvalue weighted by Crippen LogP contribution is 2.22. The van der Waals surface area contributed by atoms with Crippen LogP contribution in [0.1, 0.15) is 43.9 Å². The maximum absolute atomic E-state index is 12.5. The summed E-state index contributed by atoms with van der Waals surface area (Å²) < 4.78 is 37.6. The summed E-state index contributed by atoms with van der Waals surface area (Å²) in [7, 11) is 0. The molecular formula is C15H25F3N2S. The van der Waals surface area contributed by atoms with Crippen LogP contribution >= 0.6 is 11.3 Å². The van der Waals surface area contributed by atoms with Crippen LogP contribution in [0.15, 0.2) is 12.1 Å². The van der Waals surface area contributed by atoms with E-state index in [1.165, 1.54) is 4.90 Å². The van der Waals surface area contributed by atoms with E-state index in [1.807, 2.05) is 19.1 Å². The maximum Gasteiger partial charge on any atom is 0.401 e. The highest BCUT2D eigenvalue weighted by atomic mass is 32.1. The monoisotopic (exact) mass is 322 g/mol. The van der Waals surface area contributed by atoms with Crippen molar-refractivity contribution in [3.63, 3.8) is 0 Å². The van der Waals surface area contributed by atoms with Gasteiger partial charge >= 0.3 is 6.18 Å². The minimum absolute atomic E-state index is 0.0364. The number of rotatable bonds is 7. The van der Waals surface area contributed by atoms with Crippen LogP contribution < -0.4 is 5.32 Å². The van der Waals surface area contributed by atoms with Gasteiger partial charge in [-0.25, -0.2) is 0 Å². The Bertz CT molecular complexity index is 421. The lowest BCUT2D eigenvalue weighted by molar-refractivity contribution is -0.147. The Labute approximate surface area is 129 Å². The van der Waals surface area contributed by atoms with Crippen molar-refractivity contribution in [2.75, 3.05) is 13.1 Å². The van der Waals surface area contributed by atoms with Crippen molar-refractivity contribution < 1.29 is 13.2 Å². The van der Waals surface area contributed by atoms with Gasteiger partial charge < -0.3 is 5.32 Å². The van der Waals surface area contributed by atoms with E-state index in [0.717, 1.165) is 22.7 Å². The zero-order valence-corrected chi connectivity index (χ0v) is 14.0.